The van der Waals surface area contributed by atoms with Crippen molar-refractivity contribution in [3.63, 3.8) is 0 Å². The summed E-state index contributed by atoms with van der Waals surface area (Å²) >= 11 is 0. The topological polar surface area (TPSA) is 81.6 Å². The van der Waals surface area contributed by atoms with Crippen LogP contribution in [0.1, 0.15) is 36.7 Å². The van der Waals surface area contributed by atoms with E-state index in [9.17, 15) is 9.59 Å². The number of hydrogen-bond acceptors (Lipinski definition) is 6. The first kappa shape index (κ1) is 18.4. The monoisotopic (exact) mass is 343 g/mol. The summed E-state index contributed by atoms with van der Waals surface area (Å²) in [6.45, 7) is 5.53. The van der Waals surface area contributed by atoms with E-state index in [4.69, 9.17) is 9.47 Å². The molecule has 0 aliphatic carbocycles. The molecule has 7 heteroatoms. The van der Waals surface area contributed by atoms with Gasteiger partial charge in [-0.3, -0.25) is 9.69 Å². The molecule has 0 radical (unpaired) electrons. The summed E-state index contributed by atoms with van der Waals surface area (Å²) in [6.07, 6.45) is 3.15. The van der Waals surface area contributed by atoms with Crippen LogP contribution in [0.3, 0.4) is 0 Å². The number of rotatable bonds is 5. The van der Waals surface area contributed by atoms with Gasteiger partial charge in [0.25, 0.3) is 0 Å². The molecule has 7 nitrogen and oxygen atoms in total. The first-order valence-corrected chi connectivity index (χ1v) is 7.73. The third-order valence-electron chi connectivity index (χ3n) is 3.17. The van der Waals surface area contributed by atoms with Gasteiger partial charge in [-0.05, 0) is 39.0 Å². The Kier molecular flexibility index (Phi) is 5.69. The Morgan fingerprint density at radius 1 is 1.24 bits per heavy atom. The predicted octanol–water partition coefficient (Wildman–Crippen LogP) is 3.24. The molecule has 0 fully saturated rings. The fraction of sp³-hybridized carbons (Fsp3) is 0.333. The van der Waals surface area contributed by atoms with Crippen molar-refractivity contribution in [1.82, 2.24) is 9.97 Å². The van der Waals surface area contributed by atoms with Crippen molar-refractivity contribution in [3.8, 4) is 5.88 Å². The molecule has 0 saturated carbocycles. The molecule has 0 aliphatic heterocycles. The average molecular weight is 343 g/mol. The Morgan fingerprint density at radius 2 is 2.00 bits per heavy atom. The zero-order valence-electron chi connectivity index (χ0n) is 14.7. The van der Waals surface area contributed by atoms with Crippen LogP contribution in [0.4, 0.5) is 10.6 Å². The quantitative estimate of drug-likeness (QED) is 0.775. The molecule has 2 rings (SSSR count). The summed E-state index contributed by atoms with van der Waals surface area (Å²) in [7, 11) is 1.51. The minimum absolute atomic E-state index is 0.166. The van der Waals surface area contributed by atoms with Gasteiger partial charge in [0.2, 0.25) is 5.88 Å². The molecular formula is C18H21N3O4. The summed E-state index contributed by atoms with van der Waals surface area (Å²) in [5.74, 6) is 0.784. The van der Waals surface area contributed by atoms with Crippen molar-refractivity contribution in [2.24, 2.45) is 0 Å². The summed E-state index contributed by atoms with van der Waals surface area (Å²) in [5, 5.41) is 0. The van der Waals surface area contributed by atoms with E-state index in [1.807, 2.05) is 6.07 Å². The van der Waals surface area contributed by atoms with Gasteiger partial charge in [-0.2, -0.15) is 0 Å². The van der Waals surface area contributed by atoms with E-state index in [0.717, 1.165) is 0 Å². The van der Waals surface area contributed by atoms with Crippen molar-refractivity contribution in [1.29, 1.82) is 0 Å². The van der Waals surface area contributed by atoms with E-state index in [2.05, 4.69) is 9.97 Å². The Hall–Kier alpha value is -2.96. The van der Waals surface area contributed by atoms with E-state index in [0.29, 0.717) is 29.1 Å². The van der Waals surface area contributed by atoms with Crippen molar-refractivity contribution >= 4 is 18.2 Å². The van der Waals surface area contributed by atoms with Gasteiger partial charge in [0.15, 0.2) is 6.29 Å². The number of nitrogens with zero attached hydrogens (tertiary/aromatic N) is 3. The SMILES string of the molecule is COc1ncccc1CN(C(=O)OC(C)(C)C)c1ccc(C=O)cn1. The van der Waals surface area contributed by atoms with Gasteiger partial charge >= 0.3 is 6.09 Å². The zero-order chi connectivity index (χ0) is 18.4. The zero-order valence-corrected chi connectivity index (χ0v) is 14.7. The largest absolute Gasteiger partial charge is 0.481 e. The molecule has 0 aliphatic rings. The van der Waals surface area contributed by atoms with Gasteiger partial charge in [-0.1, -0.05) is 6.07 Å². The second-order valence-electron chi connectivity index (χ2n) is 6.31. The van der Waals surface area contributed by atoms with Crippen molar-refractivity contribution in [2.45, 2.75) is 32.9 Å². The lowest BCUT2D eigenvalue weighted by Crippen LogP contribution is -2.37. The molecule has 2 aromatic rings. The van der Waals surface area contributed by atoms with Crippen LogP contribution in [0, 0.1) is 0 Å². The molecular weight excluding hydrogens is 322 g/mol. The van der Waals surface area contributed by atoms with E-state index in [-0.39, 0.29) is 6.54 Å². The number of ether oxygens (including phenoxy) is 2. The molecule has 0 saturated heterocycles. The molecule has 2 aromatic heterocycles. The fourth-order valence-corrected chi connectivity index (χ4v) is 2.08. The number of carbonyl (C=O) groups is 2. The Bertz CT molecular complexity index is 739. The molecule has 1 amide bonds. The lowest BCUT2D eigenvalue weighted by molar-refractivity contribution is 0.0576. The highest BCUT2D eigenvalue weighted by molar-refractivity contribution is 5.87. The van der Waals surface area contributed by atoms with Crippen LogP contribution in [0.5, 0.6) is 5.88 Å². The van der Waals surface area contributed by atoms with Crippen LogP contribution >= 0.6 is 0 Å². The fourth-order valence-electron chi connectivity index (χ4n) is 2.08. The van der Waals surface area contributed by atoms with E-state index in [1.165, 1.54) is 18.2 Å². The highest BCUT2D eigenvalue weighted by atomic mass is 16.6. The third kappa shape index (κ3) is 5.00. The van der Waals surface area contributed by atoms with Crippen molar-refractivity contribution in [2.75, 3.05) is 12.0 Å². The number of hydrogen-bond donors (Lipinski definition) is 0. The lowest BCUT2D eigenvalue weighted by atomic mass is 10.2. The van der Waals surface area contributed by atoms with Crippen LogP contribution in [-0.4, -0.2) is 35.1 Å². The Balaban J connectivity index is 2.37. The first-order chi connectivity index (χ1) is 11.8. The molecule has 0 unspecified atom stereocenters. The van der Waals surface area contributed by atoms with E-state index < -0.39 is 11.7 Å². The van der Waals surface area contributed by atoms with Crippen LogP contribution in [0.2, 0.25) is 0 Å². The van der Waals surface area contributed by atoms with Crippen LogP contribution in [0.15, 0.2) is 36.7 Å². The number of amides is 1. The van der Waals surface area contributed by atoms with E-state index in [1.54, 1.807) is 45.2 Å². The molecule has 0 N–H and O–H groups in total. The number of aldehydes is 1. The van der Waals surface area contributed by atoms with Crippen LogP contribution < -0.4 is 9.64 Å². The lowest BCUT2D eigenvalue weighted by Gasteiger charge is -2.27. The number of pyridine rings is 2. The molecule has 0 atom stereocenters. The second-order valence-corrected chi connectivity index (χ2v) is 6.31. The van der Waals surface area contributed by atoms with Gasteiger partial charge in [-0.25, -0.2) is 14.8 Å². The van der Waals surface area contributed by atoms with Gasteiger partial charge in [0, 0.05) is 23.5 Å². The van der Waals surface area contributed by atoms with Gasteiger partial charge in [0.05, 0.1) is 13.7 Å². The molecule has 0 bridgehead atoms. The van der Waals surface area contributed by atoms with Crippen molar-refractivity contribution < 1.29 is 19.1 Å². The minimum Gasteiger partial charge on any atom is -0.481 e. The number of carbonyl (C=O) groups excluding carboxylic acids is 2. The third-order valence-corrected chi connectivity index (χ3v) is 3.17. The summed E-state index contributed by atoms with van der Waals surface area (Å²) < 4.78 is 10.7. The summed E-state index contributed by atoms with van der Waals surface area (Å²) in [5.41, 5.74) is 0.473. The van der Waals surface area contributed by atoms with Gasteiger partial charge in [0.1, 0.15) is 11.4 Å². The minimum atomic E-state index is -0.656. The molecule has 0 aromatic carbocycles. The van der Waals surface area contributed by atoms with Crippen LogP contribution in [0.25, 0.3) is 0 Å². The van der Waals surface area contributed by atoms with Crippen LogP contribution in [-0.2, 0) is 11.3 Å². The average Bonchev–Trinajstić information content (AvgIpc) is 2.58. The molecule has 132 valence electrons. The highest BCUT2D eigenvalue weighted by Crippen LogP contribution is 2.22. The maximum Gasteiger partial charge on any atom is 0.416 e. The maximum absolute atomic E-state index is 12.7. The number of methoxy groups -OCH3 is 1. The summed E-state index contributed by atoms with van der Waals surface area (Å²) in [6, 6.07) is 6.75. The smallest absolute Gasteiger partial charge is 0.416 e. The Labute approximate surface area is 146 Å². The number of anilines is 1. The second kappa shape index (κ2) is 7.74. The maximum atomic E-state index is 12.7. The number of aromatic nitrogens is 2. The first-order valence-electron chi connectivity index (χ1n) is 7.73. The highest BCUT2D eigenvalue weighted by Gasteiger charge is 2.25. The molecule has 25 heavy (non-hydrogen) atoms. The molecule has 2 heterocycles. The molecule has 0 spiro atoms. The standard InChI is InChI=1S/C18H21N3O4/c1-18(2,3)25-17(23)21(15-8-7-13(12-22)10-20-15)11-14-6-5-9-19-16(14)24-4/h5-10,12H,11H2,1-4H3. The van der Waals surface area contributed by atoms with Gasteiger partial charge in [-0.15, -0.1) is 0 Å². The summed E-state index contributed by atoms with van der Waals surface area (Å²) in [4.78, 5) is 33.2. The van der Waals surface area contributed by atoms with E-state index >= 15 is 0 Å². The van der Waals surface area contributed by atoms with Gasteiger partial charge < -0.3 is 9.47 Å². The Morgan fingerprint density at radius 3 is 2.56 bits per heavy atom. The predicted molar refractivity (Wildman–Crippen MR) is 92.8 cm³/mol. The van der Waals surface area contributed by atoms with Crippen molar-refractivity contribution in [3.05, 3.63) is 47.8 Å². The normalized spacial score (nSPS) is 10.9.